The van der Waals surface area contributed by atoms with Crippen molar-refractivity contribution in [2.24, 2.45) is 0 Å². The molecule has 0 radical (unpaired) electrons. The summed E-state index contributed by atoms with van der Waals surface area (Å²) in [5, 5.41) is 21.4. The zero-order valence-corrected chi connectivity index (χ0v) is 29.9. The molecule has 0 saturated carbocycles. The number of carbonyl (C=O) groups excluding carboxylic acids is 1. The first-order chi connectivity index (χ1) is 25.3. The molecule has 0 bridgehead atoms. The molecule has 2 heterocycles. The first-order valence-electron chi connectivity index (χ1n) is 18.0. The Bertz CT molecular complexity index is 1830. The highest BCUT2D eigenvalue weighted by Crippen LogP contribution is 2.40. The van der Waals surface area contributed by atoms with Crippen molar-refractivity contribution in [2.75, 3.05) is 27.3 Å². The molecule has 1 saturated heterocycles. The lowest BCUT2D eigenvalue weighted by Crippen LogP contribution is -2.41. The number of benzene rings is 4. The SMILES string of the molecule is COc1cc2c(cc1OC)CN(C[C@H]1C[C@@H](c3ccc(CO)cc3)O[C@@H](c3cccc(-c4cccc(CNC(=O)CCCCC(=O)O)c4)c3)O1)CC2. The fraction of sp³-hybridized carbons (Fsp3) is 0.381. The highest BCUT2D eigenvalue weighted by molar-refractivity contribution is 5.76. The third-order valence-electron chi connectivity index (χ3n) is 9.83. The van der Waals surface area contributed by atoms with Crippen LogP contribution in [0, 0.1) is 0 Å². The molecule has 274 valence electrons. The average Bonchev–Trinajstić information content (AvgIpc) is 3.18. The summed E-state index contributed by atoms with van der Waals surface area (Å²) in [5.41, 5.74) is 8.31. The molecule has 4 aromatic carbocycles. The van der Waals surface area contributed by atoms with Gasteiger partial charge in [0.15, 0.2) is 17.8 Å². The molecule has 2 aliphatic heterocycles. The number of carbonyl (C=O) groups is 2. The van der Waals surface area contributed by atoms with Crippen molar-refractivity contribution in [1.29, 1.82) is 0 Å². The molecule has 0 spiro atoms. The van der Waals surface area contributed by atoms with Crippen molar-refractivity contribution in [3.8, 4) is 22.6 Å². The van der Waals surface area contributed by atoms with Gasteiger partial charge in [-0.15, -0.1) is 0 Å². The Balaban J connectivity index is 1.17. The summed E-state index contributed by atoms with van der Waals surface area (Å²) in [6.07, 6.45) is 2.13. The van der Waals surface area contributed by atoms with Gasteiger partial charge < -0.3 is 34.5 Å². The quantitative estimate of drug-likeness (QED) is 0.115. The Morgan fingerprint density at radius 1 is 0.827 bits per heavy atom. The lowest BCUT2D eigenvalue weighted by molar-refractivity contribution is -0.253. The minimum absolute atomic E-state index is 0.0117. The predicted molar refractivity (Wildman–Crippen MR) is 197 cm³/mol. The molecule has 4 aromatic rings. The first kappa shape index (κ1) is 37.0. The topological polar surface area (TPSA) is 127 Å². The maximum Gasteiger partial charge on any atom is 0.303 e. The molecule has 0 aliphatic carbocycles. The van der Waals surface area contributed by atoms with Crippen LogP contribution in [0.15, 0.2) is 84.9 Å². The van der Waals surface area contributed by atoms with E-state index in [0.29, 0.717) is 32.2 Å². The second-order valence-corrected chi connectivity index (χ2v) is 13.5. The highest BCUT2D eigenvalue weighted by atomic mass is 16.7. The molecule has 3 atom stereocenters. The summed E-state index contributed by atoms with van der Waals surface area (Å²) < 4.78 is 24.6. The maximum absolute atomic E-state index is 12.3. The fourth-order valence-corrected chi connectivity index (χ4v) is 6.99. The number of hydrogen-bond acceptors (Lipinski definition) is 8. The van der Waals surface area contributed by atoms with E-state index in [9.17, 15) is 14.7 Å². The molecule has 10 heteroatoms. The minimum atomic E-state index is -0.844. The summed E-state index contributed by atoms with van der Waals surface area (Å²) in [7, 11) is 3.33. The van der Waals surface area contributed by atoms with Gasteiger partial charge in [-0.05, 0) is 82.5 Å². The van der Waals surface area contributed by atoms with Crippen LogP contribution in [0.5, 0.6) is 11.5 Å². The van der Waals surface area contributed by atoms with Gasteiger partial charge >= 0.3 is 5.97 Å². The van der Waals surface area contributed by atoms with Crippen LogP contribution in [0.3, 0.4) is 0 Å². The molecule has 1 fully saturated rings. The van der Waals surface area contributed by atoms with Gasteiger partial charge in [0.1, 0.15) is 0 Å². The van der Waals surface area contributed by atoms with Gasteiger partial charge in [0.25, 0.3) is 0 Å². The average molecular weight is 709 g/mol. The molecule has 6 rings (SSSR count). The summed E-state index contributed by atoms with van der Waals surface area (Å²) in [5.74, 6) is 0.552. The van der Waals surface area contributed by atoms with Crippen LogP contribution in [-0.4, -0.2) is 60.4 Å². The van der Waals surface area contributed by atoms with E-state index in [2.05, 4.69) is 40.5 Å². The Labute approximate surface area is 305 Å². The van der Waals surface area contributed by atoms with E-state index in [1.54, 1.807) is 14.2 Å². The number of aliphatic hydroxyl groups is 1. The fourth-order valence-electron chi connectivity index (χ4n) is 6.99. The van der Waals surface area contributed by atoms with E-state index in [-0.39, 0.29) is 31.1 Å². The normalized spacial score (nSPS) is 18.7. The number of ether oxygens (including phenoxy) is 4. The number of rotatable bonds is 15. The van der Waals surface area contributed by atoms with E-state index >= 15 is 0 Å². The van der Waals surface area contributed by atoms with E-state index in [1.807, 2.05) is 54.6 Å². The van der Waals surface area contributed by atoms with Gasteiger partial charge in [-0.1, -0.05) is 60.7 Å². The molecule has 52 heavy (non-hydrogen) atoms. The van der Waals surface area contributed by atoms with Gasteiger partial charge in [0.05, 0.1) is 33.0 Å². The van der Waals surface area contributed by atoms with Crippen LogP contribution in [0.2, 0.25) is 0 Å². The number of unbranched alkanes of at least 4 members (excludes halogenated alkanes) is 1. The largest absolute Gasteiger partial charge is 0.493 e. The molecule has 1 amide bonds. The number of amides is 1. The lowest BCUT2D eigenvalue weighted by Gasteiger charge is -2.39. The maximum atomic E-state index is 12.3. The number of nitrogens with one attached hydrogen (secondary N) is 1. The van der Waals surface area contributed by atoms with Gasteiger partial charge in [-0.25, -0.2) is 0 Å². The Morgan fingerprint density at radius 3 is 2.27 bits per heavy atom. The van der Waals surface area contributed by atoms with Crippen LogP contribution < -0.4 is 14.8 Å². The van der Waals surface area contributed by atoms with Crippen molar-refractivity contribution < 1.29 is 38.7 Å². The van der Waals surface area contributed by atoms with E-state index in [0.717, 1.165) is 70.9 Å². The minimum Gasteiger partial charge on any atom is -0.493 e. The van der Waals surface area contributed by atoms with Crippen molar-refractivity contribution in [3.63, 3.8) is 0 Å². The predicted octanol–water partition coefficient (Wildman–Crippen LogP) is 6.73. The van der Waals surface area contributed by atoms with Gasteiger partial charge in [-0.2, -0.15) is 0 Å². The second kappa shape index (κ2) is 17.7. The van der Waals surface area contributed by atoms with Crippen molar-refractivity contribution in [1.82, 2.24) is 10.2 Å². The number of aliphatic hydroxyl groups excluding tert-OH is 1. The number of fused-ring (bicyclic) bond motifs is 1. The molecule has 3 N–H and O–H groups in total. The third-order valence-corrected chi connectivity index (χ3v) is 9.83. The van der Waals surface area contributed by atoms with Crippen LogP contribution in [0.4, 0.5) is 0 Å². The zero-order valence-electron chi connectivity index (χ0n) is 29.9. The van der Waals surface area contributed by atoms with Crippen molar-refractivity contribution >= 4 is 11.9 Å². The van der Waals surface area contributed by atoms with Gasteiger partial charge in [0.2, 0.25) is 5.91 Å². The van der Waals surface area contributed by atoms with Crippen LogP contribution >= 0.6 is 0 Å². The molecule has 0 unspecified atom stereocenters. The molecular weight excluding hydrogens is 660 g/mol. The lowest BCUT2D eigenvalue weighted by atomic mass is 9.96. The summed E-state index contributed by atoms with van der Waals surface area (Å²) in [6, 6.07) is 28.4. The van der Waals surface area contributed by atoms with Crippen LogP contribution in [0.1, 0.15) is 77.9 Å². The van der Waals surface area contributed by atoms with Gasteiger partial charge in [0, 0.05) is 51.0 Å². The number of aliphatic carboxylic acids is 1. The summed E-state index contributed by atoms with van der Waals surface area (Å²) >= 11 is 0. The first-order valence-corrected chi connectivity index (χ1v) is 18.0. The van der Waals surface area contributed by atoms with Crippen molar-refractivity contribution in [2.45, 2.75) is 76.7 Å². The number of methoxy groups -OCH3 is 2. The summed E-state index contributed by atoms with van der Waals surface area (Å²) in [4.78, 5) is 25.5. The van der Waals surface area contributed by atoms with E-state index in [1.165, 1.54) is 11.1 Å². The van der Waals surface area contributed by atoms with Crippen molar-refractivity contribution in [3.05, 3.63) is 118 Å². The molecule has 0 aromatic heterocycles. The number of nitrogens with zero attached hydrogens (tertiary/aromatic N) is 1. The Morgan fingerprint density at radius 2 is 1.54 bits per heavy atom. The van der Waals surface area contributed by atoms with E-state index in [4.69, 9.17) is 24.1 Å². The molecular formula is C42H48N2O8. The number of carboxylic acids is 1. The zero-order chi connectivity index (χ0) is 36.5. The Hall–Kier alpha value is -4.74. The Kier molecular flexibility index (Phi) is 12.6. The third kappa shape index (κ3) is 9.57. The summed E-state index contributed by atoms with van der Waals surface area (Å²) in [6.45, 7) is 2.81. The van der Waals surface area contributed by atoms with Crippen LogP contribution in [0.25, 0.3) is 11.1 Å². The standard InChI is InChI=1S/C42H48N2O8/c1-49-38-21-33-17-18-44(25-35(33)22-39(38)50-2)26-36-23-37(30-15-13-28(27-45)14-16-30)52-42(51-36)34-10-6-9-32(20-34)31-8-5-7-29(19-31)24-43-40(46)11-3-4-12-41(47)48/h5-10,13-16,19-22,36-37,42,45H,3-4,11-12,17-18,23-27H2,1-2H3,(H,43,46)(H,47,48)/t36-,37+,42+/m1/s1. The molecule has 10 nitrogen and oxygen atoms in total. The number of carboxylic acid groups (broad SMARTS) is 1. The van der Waals surface area contributed by atoms with E-state index < -0.39 is 12.3 Å². The smallest absolute Gasteiger partial charge is 0.303 e. The van der Waals surface area contributed by atoms with Crippen LogP contribution in [-0.2, 0) is 45.2 Å². The molecule has 2 aliphatic rings. The monoisotopic (exact) mass is 708 g/mol. The highest BCUT2D eigenvalue weighted by Gasteiger charge is 2.34. The van der Waals surface area contributed by atoms with Gasteiger partial charge in [-0.3, -0.25) is 14.5 Å². The number of hydrogen-bond donors (Lipinski definition) is 3. The second-order valence-electron chi connectivity index (χ2n) is 13.5.